The van der Waals surface area contributed by atoms with Gasteiger partial charge in [0.25, 0.3) is 0 Å². The number of fused-ring (bicyclic) bond motifs is 1. The van der Waals surface area contributed by atoms with Crippen LogP contribution in [0.2, 0.25) is 0 Å². The Labute approximate surface area is 179 Å². The van der Waals surface area contributed by atoms with E-state index in [0.29, 0.717) is 12.5 Å². The lowest BCUT2D eigenvalue weighted by Crippen LogP contribution is -2.48. The molecule has 0 fully saturated rings. The fourth-order valence-corrected chi connectivity index (χ4v) is 3.81. The zero-order valence-corrected chi connectivity index (χ0v) is 19.5. The standard InChI is InChI=1S/C23H33N5O2/c1-13-10-24-17(15(3)19(13)30-9)12-28-11-14(2)18-16(4)27(8)22(25-20(18)28)26-21(29)23(5,6)7/h10-11,16H,12H2,1-9H3,(H,25,26,29). The summed E-state index contributed by atoms with van der Waals surface area (Å²) in [6, 6.07) is 0.0932. The lowest BCUT2D eigenvalue weighted by molar-refractivity contribution is -0.127. The molecular formula is C23H33N5O2. The summed E-state index contributed by atoms with van der Waals surface area (Å²) < 4.78 is 7.68. The molecule has 0 bridgehead atoms. The first-order valence-electron chi connectivity index (χ1n) is 10.3. The van der Waals surface area contributed by atoms with E-state index in [1.807, 2.05) is 52.8 Å². The number of pyridine rings is 1. The Kier molecular flexibility index (Phi) is 5.67. The Morgan fingerprint density at radius 3 is 2.50 bits per heavy atom. The Bertz CT molecular complexity index is 1010. The summed E-state index contributed by atoms with van der Waals surface area (Å²) in [5.74, 6) is 2.25. The number of guanidine groups is 1. The van der Waals surface area contributed by atoms with Crippen LogP contribution in [0.25, 0.3) is 0 Å². The smallest absolute Gasteiger partial charge is 0.232 e. The quantitative estimate of drug-likeness (QED) is 0.828. The normalized spacial score (nSPS) is 16.2. The predicted octanol–water partition coefficient (Wildman–Crippen LogP) is 4.02. The van der Waals surface area contributed by atoms with E-state index in [2.05, 4.69) is 34.9 Å². The summed E-state index contributed by atoms with van der Waals surface area (Å²) in [4.78, 5) is 24.1. The van der Waals surface area contributed by atoms with Crippen LogP contribution in [0.1, 0.15) is 61.7 Å². The van der Waals surface area contributed by atoms with Crippen LogP contribution in [0.15, 0.2) is 17.4 Å². The molecule has 1 atom stereocenters. The molecule has 1 amide bonds. The van der Waals surface area contributed by atoms with Gasteiger partial charge in [-0.25, -0.2) is 0 Å². The Hall–Kier alpha value is -2.83. The first kappa shape index (κ1) is 21.9. The van der Waals surface area contributed by atoms with Crippen LogP contribution in [0.3, 0.4) is 0 Å². The van der Waals surface area contributed by atoms with Gasteiger partial charge in [0.1, 0.15) is 11.6 Å². The number of ether oxygens (including phenoxy) is 1. The molecular weight excluding hydrogens is 378 g/mol. The molecule has 2 aromatic heterocycles. The van der Waals surface area contributed by atoms with Crippen molar-refractivity contribution in [1.29, 1.82) is 0 Å². The number of hydrogen-bond donors (Lipinski definition) is 1. The van der Waals surface area contributed by atoms with Crippen LogP contribution in [0, 0.1) is 26.2 Å². The minimum absolute atomic E-state index is 0.0561. The SMILES string of the molecule is COc1c(C)cnc(Cn2cc(C)c3c2N=C(NC(=O)C(C)(C)C)N(C)C3C)c1C. The first-order chi connectivity index (χ1) is 14.0. The summed E-state index contributed by atoms with van der Waals surface area (Å²) in [7, 11) is 3.65. The monoisotopic (exact) mass is 411 g/mol. The summed E-state index contributed by atoms with van der Waals surface area (Å²) in [5.41, 5.74) is 4.84. The molecule has 1 aliphatic heterocycles. The molecule has 3 rings (SSSR count). The van der Waals surface area contributed by atoms with E-state index in [9.17, 15) is 4.79 Å². The molecule has 0 spiro atoms. The second kappa shape index (κ2) is 7.78. The zero-order chi connectivity index (χ0) is 22.4. The maximum absolute atomic E-state index is 12.6. The zero-order valence-electron chi connectivity index (χ0n) is 19.5. The molecule has 0 aliphatic carbocycles. The van der Waals surface area contributed by atoms with Crippen molar-refractivity contribution in [2.45, 2.75) is 61.1 Å². The van der Waals surface area contributed by atoms with Gasteiger partial charge in [-0.1, -0.05) is 20.8 Å². The van der Waals surface area contributed by atoms with Crippen LogP contribution in [-0.2, 0) is 11.3 Å². The van der Waals surface area contributed by atoms with Crippen molar-refractivity contribution >= 4 is 17.7 Å². The van der Waals surface area contributed by atoms with Gasteiger partial charge in [0, 0.05) is 41.5 Å². The summed E-state index contributed by atoms with van der Waals surface area (Å²) in [5, 5.41) is 3.01. The van der Waals surface area contributed by atoms with Crippen molar-refractivity contribution in [3.8, 4) is 5.75 Å². The lowest BCUT2D eigenvalue weighted by atomic mass is 9.96. The van der Waals surface area contributed by atoms with E-state index in [-0.39, 0.29) is 11.9 Å². The van der Waals surface area contributed by atoms with Gasteiger partial charge in [-0.3, -0.25) is 15.1 Å². The molecule has 7 nitrogen and oxygen atoms in total. The molecule has 1 aliphatic rings. The highest BCUT2D eigenvalue weighted by atomic mass is 16.5. The summed E-state index contributed by atoms with van der Waals surface area (Å²) in [6.07, 6.45) is 3.96. The highest BCUT2D eigenvalue weighted by molar-refractivity contribution is 6.00. The maximum atomic E-state index is 12.6. The van der Waals surface area contributed by atoms with Crippen molar-refractivity contribution in [2.75, 3.05) is 14.2 Å². The van der Waals surface area contributed by atoms with Crippen molar-refractivity contribution < 1.29 is 9.53 Å². The average molecular weight is 412 g/mol. The third kappa shape index (κ3) is 3.80. The Morgan fingerprint density at radius 1 is 1.23 bits per heavy atom. The largest absolute Gasteiger partial charge is 0.496 e. The van der Waals surface area contributed by atoms with Crippen molar-refractivity contribution in [2.24, 2.45) is 10.4 Å². The van der Waals surface area contributed by atoms with Gasteiger partial charge >= 0.3 is 0 Å². The van der Waals surface area contributed by atoms with E-state index in [0.717, 1.165) is 28.4 Å². The molecule has 30 heavy (non-hydrogen) atoms. The Morgan fingerprint density at radius 2 is 1.90 bits per heavy atom. The maximum Gasteiger partial charge on any atom is 0.232 e. The number of nitrogens with one attached hydrogen (secondary N) is 1. The number of carbonyl (C=O) groups is 1. The number of methoxy groups -OCH3 is 1. The van der Waals surface area contributed by atoms with E-state index in [4.69, 9.17) is 9.73 Å². The van der Waals surface area contributed by atoms with Gasteiger partial charge in [-0.05, 0) is 33.3 Å². The van der Waals surface area contributed by atoms with Gasteiger partial charge in [0.15, 0.2) is 0 Å². The van der Waals surface area contributed by atoms with Crippen molar-refractivity contribution in [3.63, 3.8) is 0 Å². The topological polar surface area (TPSA) is 71.7 Å². The third-order valence-corrected chi connectivity index (χ3v) is 5.81. The second-order valence-electron chi connectivity index (χ2n) is 9.15. The van der Waals surface area contributed by atoms with E-state index >= 15 is 0 Å². The van der Waals surface area contributed by atoms with Gasteiger partial charge in [0.2, 0.25) is 11.9 Å². The minimum Gasteiger partial charge on any atom is -0.496 e. The fraction of sp³-hybridized carbons (Fsp3) is 0.522. The number of aromatic nitrogens is 2. The van der Waals surface area contributed by atoms with Gasteiger partial charge < -0.3 is 14.2 Å². The predicted molar refractivity (Wildman–Crippen MR) is 119 cm³/mol. The first-order valence-corrected chi connectivity index (χ1v) is 10.3. The Balaban J connectivity index is 2.04. The molecule has 0 aromatic carbocycles. The number of nitrogens with zero attached hydrogens (tertiary/aromatic N) is 4. The second-order valence-corrected chi connectivity index (χ2v) is 9.15. The molecule has 0 saturated heterocycles. The molecule has 162 valence electrons. The average Bonchev–Trinajstić information content (AvgIpc) is 2.96. The highest BCUT2D eigenvalue weighted by Gasteiger charge is 2.32. The summed E-state index contributed by atoms with van der Waals surface area (Å²) in [6.45, 7) is 14.5. The van der Waals surface area contributed by atoms with Crippen LogP contribution in [0.5, 0.6) is 5.75 Å². The van der Waals surface area contributed by atoms with Gasteiger partial charge in [-0.2, -0.15) is 4.99 Å². The van der Waals surface area contributed by atoms with E-state index in [1.165, 1.54) is 11.1 Å². The van der Waals surface area contributed by atoms with Crippen LogP contribution in [0.4, 0.5) is 5.82 Å². The highest BCUT2D eigenvalue weighted by Crippen LogP contribution is 2.38. The summed E-state index contributed by atoms with van der Waals surface area (Å²) >= 11 is 0. The minimum atomic E-state index is -0.496. The van der Waals surface area contributed by atoms with Crippen LogP contribution >= 0.6 is 0 Å². The number of rotatable bonds is 3. The fourth-order valence-electron chi connectivity index (χ4n) is 3.81. The third-order valence-electron chi connectivity index (χ3n) is 5.81. The van der Waals surface area contributed by atoms with Crippen molar-refractivity contribution in [3.05, 3.63) is 40.3 Å². The number of carbonyl (C=O) groups excluding carboxylic acids is 1. The number of aliphatic imine (C=N–C) groups is 1. The molecule has 1 N–H and O–H groups in total. The number of aryl methyl sites for hydroxylation is 2. The molecule has 3 heterocycles. The van der Waals surface area contributed by atoms with E-state index in [1.54, 1.807) is 7.11 Å². The lowest BCUT2D eigenvalue weighted by Gasteiger charge is -2.33. The van der Waals surface area contributed by atoms with Crippen LogP contribution < -0.4 is 10.1 Å². The van der Waals surface area contributed by atoms with E-state index < -0.39 is 5.41 Å². The molecule has 7 heteroatoms. The molecule has 0 radical (unpaired) electrons. The van der Waals surface area contributed by atoms with Gasteiger partial charge in [0.05, 0.1) is 25.4 Å². The molecule has 1 unspecified atom stereocenters. The van der Waals surface area contributed by atoms with Crippen LogP contribution in [-0.4, -0.2) is 40.5 Å². The number of hydrogen-bond acceptors (Lipinski definition) is 5. The molecule has 0 saturated carbocycles. The van der Waals surface area contributed by atoms with Crippen molar-refractivity contribution in [1.82, 2.24) is 19.8 Å². The number of amides is 1. The molecule has 2 aromatic rings. The van der Waals surface area contributed by atoms with Gasteiger partial charge in [-0.15, -0.1) is 0 Å².